The van der Waals surface area contributed by atoms with Gasteiger partial charge in [-0.05, 0) is 63.4 Å². The average molecular weight is 488 g/mol. The Morgan fingerprint density at radius 3 is 2.60 bits per heavy atom. The molecule has 0 bridgehead atoms. The van der Waals surface area contributed by atoms with Crippen LogP contribution in [-0.2, 0) is 6.54 Å². The van der Waals surface area contributed by atoms with Gasteiger partial charge in [0.15, 0.2) is 5.65 Å². The molecular formula is C25H25N7O2S. The molecule has 0 aliphatic carbocycles. The van der Waals surface area contributed by atoms with Gasteiger partial charge in [0, 0.05) is 18.2 Å². The molecule has 0 spiro atoms. The number of nitrogens with zero attached hydrogens (tertiary/aromatic N) is 5. The van der Waals surface area contributed by atoms with Crippen LogP contribution in [0.4, 0.5) is 0 Å². The van der Waals surface area contributed by atoms with Gasteiger partial charge in [-0.2, -0.15) is 5.10 Å². The lowest BCUT2D eigenvalue weighted by Crippen LogP contribution is -2.41. The minimum absolute atomic E-state index is 0.0731. The molecule has 0 radical (unpaired) electrons. The topological polar surface area (TPSA) is 107 Å². The number of fused-ring (bicyclic) bond motifs is 2. The maximum Gasteiger partial charge on any atom is 0.270 e. The van der Waals surface area contributed by atoms with Gasteiger partial charge in [0.25, 0.3) is 11.8 Å². The van der Waals surface area contributed by atoms with Crippen LogP contribution in [0.5, 0.6) is 0 Å². The van der Waals surface area contributed by atoms with Gasteiger partial charge in [0.05, 0.1) is 38.8 Å². The van der Waals surface area contributed by atoms with Crippen molar-refractivity contribution in [1.82, 2.24) is 35.2 Å². The third-order valence-electron chi connectivity index (χ3n) is 5.88. The maximum atomic E-state index is 13.2. The first-order chi connectivity index (χ1) is 16.9. The Kier molecular flexibility index (Phi) is 5.81. The summed E-state index contributed by atoms with van der Waals surface area (Å²) >= 11 is 1.54. The third-order valence-corrected chi connectivity index (χ3v) is 6.77. The number of nitrogens with one attached hydrogen (secondary N) is 2. The molecule has 0 saturated heterocycles. The monoisotopic (exact) mass is 487 g/mol. The molecule has 2 amide bonds. The predicted molar refractivity (Wildman–Crippen MR) is 136 cm³/mol. The first-order valence-electron chi connectivity index (χ1n) is 11.4. The number of carbonyl (C=O) groups is 2. The molecular weight excluding hydrogens is 462 g/mol. The number of amides is 2. The molecule has 10 heteroatoms. The Hall–Kier alpha value is -4.05. The highest BCUT2D eigenvalue weighted by molar-refractivity contribution is 7.13. The predicted octanol–water partition coefficient (Wildman–Crippen LogP) is 4.49. The number of rotatable bonds is 5. The molecule has 0 aliphatic rings. The van der Waals surface area contributed by atoms with Crippen molar-refractivity contribution < 1.29 is 9.59 Å². The van der Waals surface area contributed by atoms with E-state index in [1.807, 2.05) is 44.4 Å². The van der Waals surface area contributed by atoms with Gasteiger partial charge in [0.2, 0.25) is 0 Å². The Labute approximate surface area is 205 Å². The molecule has 0 fully saturated rings. The highest BCUT2D eigenvalue weighted by Gasteiger charge is 2.20. The molecule has 5 rings (SSSR count). The summed E-state index contributed by atoms with van der Waals surface area (Å²) in [6, 6.07) is 11.0. The van der Waals surface area contributed by atoms with E-state index < -0.39 is 11.8 Å². The van der Waals surface area contributed by atoms with Crippen molar-refractivity contribution in [1.29, 1.82) is 0 Å². The van der Waals surface area contributed by atoms with Gasteiger partial charge in [-0.3, -0.25) is 20.4 Å². The van der Waals surface area contributed by atoms with Crippen molar-refractivity contribution in [2.24, 2.45) is 0 Å². The summed E-state index contributed by atoms with van der Waals surface area (Å²) in [6.07, 6.45) is 1.64. The molecule has 4 aromatic heterocycles. The van der Waals surface area contributed by atoms with E-state index >= 15 is 0 Å². The highest BCUT2D eigenvalue weighted by Crippen LogP contribution is 2.29. The first kappa shape index (κ1) is 22.7. The summed E-state index contributed by atoms with van der Waals surface area (Å²) in [6.45, 7) is 8.80. The molecule has 0 atom stereocenters. The van der Waals surface area contributed by atoms with E-state index in [0.717, 1.165) is 28.3 Å². The number of thiophene rings is 1. The SMILES string of the molecule is CCn1c(C)nc2cc(C(=O)NNC(=O)c3cc(-c4cccs4)nc4c3cnn4C(C)C)ccc21. The van der Waals surface area contributed by atoms with Crippen molar-refractivity contribution in [2.75, 3.05) is 0 Å². The second-order valence-electron chi connectivity index (χ2n) is 8.47. The maximum absolute atomic E-state index is 13.2. The van der Waals surface area contributed by atoms with Crippen LogP contribution in [0.15, 0.2) is 48.0 Å². The normalized spacial score (nSPS) is 11.5. The Morgan fingerprint density at radius 2 is 1.89 bits per heavy atom. The van der Waals surface area contributed by atoms with Crippen LogP contribution in [0.1, 0.15) is 53.4 Å². The molecule has 0 saturated carbocycles. The fourth-order valence-electron chi connectivity index (χ4n) is 4.18. The van der Waals surface area contributed by atoms with Crippen LogP contribution in [-0.4, -0.2) is 36.1 Å². The van der Waals surface area contributed by atoms with Gasteiger partial charge in [-0.25, -0.2) is 14.6 Å². The van der Waals surface area contributed by atoms with Crippen molar-refractivity contribution in [3.05, 3.63) is 64.9 Å². The number of hydrazine groups is 1. The van der Waals surface area contributed by atoms with E-state index in [1.54, 1.807) is 40.4 Å². The van der Waals surface area contributed by atoms with Crippen LogP contribution in [0.25, 0.3) is 32.6 Å². The second-order valence-corrected chi connectivity index (χ2v) is 9.42. The molecule has 0 unspecified atom stereocenters. The zero-order valence-electron chi connectivity index (χ0n) is 19.9. The van der Waals surface area contributed by atoms with Crippen LogP contribution in [0, 0.1) is 6.92 Å². The number of aryl methyl sites for hydroxylation is 2. The van der Waals surface area contributed by atoms with Gasteiger partial charge in [-0.1, -0.05) is 6.07 Å². The van der Waals surface area contributed by atoms with E-state index in [0.29, 0.717) is 27.9 Å². The number of carbonyl (C=O) groups excluding carboxylic acids is 2. The van der Waals surface area contributed by atoms with Crippen LogP contribution >= 0.6 is 11.3 Å². The summed E-state index contributed by atoms with van der Waals surface area (Å²) in [4.78, 5) is 36.2. The molecule has 9 nitrogen and oxygen atoms in total. The fraction of sp³-hybridized carbons (Fsp3) is 0.240. The van der Waals surface area contributed by atoms with E-state index in [4.69, 9.17) is 4.98 Å². The number of pyridine rings is 1. The minimum atomic E-state index is -0.445. The summed E-state index contributed by atoms with van der Waals surface area (Å²) in [5.41, 5.74) is 8.88. The summed E-state index contributed by atoms with van der Waals surface area (Å²) in [5, 5.41) is 7.01. The molecule has 35 heavy (non-hydrogen) atoms. The lowest BCUT2D eigenvalue weighted by Gasteiger charge is -2.11. The summed E-state index contributed by atoms with van der Waals surface area (Å²) in [7, 11) is 0. The summed E-state index contributed by atoms with van der Waals surface area (Å²) < 4.78 is 3.87. The third kappa shape index (κ3) is 4.06. The van der Waals surface area contributed by atoms with E-state index in [9.17, 15) is 9.59 Å². The van der Waals surface area contributed by atoms with E-state index in [2.05, 4.69) is 32.4 Å². The van der Waals surface area contributed by atoms with Crippen LogP contribution in [0.3, 0.4) is 0 Å². The molecule has 178 valence electrons. The number of imidazole rings is 1. The van der Waals surface area contributed by atoms with E-state index in [-0.39, 0.29) is 6.04 Å². The molecule has 2 N–H and O–H groups in total. The zero-order chi connectivity index (χ0) is 24.7. The van der Waals surface area contributed by atoms with Gasteiger partial charge < -0.3 is 4.57 Å². The van der Waals surface area contributed by atoms with Gasteiger partial charge in [-0.15, -0.1) is 11.3 Å². The summed E-state index contributed by atoms with van der Waals surface area (Å²) in [5.74, 6) is 0.0169. The zero-order valence-corrected chi connectivity index (χ0v) is 20.7. The minimum Gasteiger partial charge on any atom is -0.329 e. The van der Waals surface area contributed by atoms with E-state index in [1.165, 1.54) is 0 Å². The Bertz CT molecular complexity index is 1560. The number of hydrogen-bond acceptors (Lipinski definition) is 6. The Morgan fingerprint density at radius 1 is 1.09 bits per heavy atom. The fourth-order valence-corrected chi connectivity index (χ4v) is 4.86. The second kappa shape index (κ2) is 8.95. The highest BCUT2D eigenvalue weighted by atomic mass is 32.1. The van der Waals surface area contributed by atoms with Gasteiger partial charge >= 0.3 is 0 Å². The standard InChI is InChI=1S/C25H25N7O2S/c1-5-31-15(4)27-19-11-16(8-9-21(19)31)24(33)29-30-25(34)17-12-20(22-7-6-10-35-22)28-23-18(17)13-26-32(23)14(2)3/h6-14H,5H2,1-4H3,(H,29,33)(H,30,34). The van der Waals surface area contributed by atoms with Crippen molar-refractivity contribution >= 4 is 45.2 Å². The quantitative estimate of drug-likeness (QED) is 0.355. The molecule has 4 heterocycles. The van der Waals surface area contributed by atoms with Crippen molar-refractivity contribution in [2.45, 2.75) is 40.3 Å². The Balaban J connectivity index is 1.42. The molecule has 5 aromatic rings. The molecule has 0 aliphatic heterocycles. The molecule has 1 aromatic carbocycles. The van der Waals surface area contributed by atoms with Gasteiger partial charge in [0.1, 0.15) is 5.82 Å². The lowest BCUT2D eigenvalue weighted by atomic mass is 10.1. The number of hydrogen-bond donors (Lipinski definition) is 2. The van der Waals surface area contributed by atoms with Crippen molar-refractivity contribution in [3.8, 4) is 10.6 Å². The number of aromatic nitrogens is 5. The van der Waals surface area contributed by atoms with Crippen LogP contribution < -0.4 is 10.9 Å². The smallest absolute Gasteiger partial charge is 0.270 e. The lowest BCUT2D eigenvalue weighted by molar-refractivity contribution is 0.0847. The average Bonchev–Trinajstić information content (AvgIpc) is 3.58. The van der Waals surface area contributed by atoms with Crippen molar-refractivity contribution in [3.63, 3.8) is 0 Å². The van der Waals surface area contributed by atoms with Crippen LogP contribution in [0.2, 0.25) is 0 Å². The first-order valence-corrected chi connectivity index (χ1v) is 12.2. The number of benzene rings is 1. The largest absolute Gasteiger partial charge is 0.329 e.